The molecule has 2 aromatic rings. The molecule has 0 spiro atoms. The third kappa shape index (κ3) is 4.02. The number of hydrogen-bond donors (Lipinski definition) is 1. The van der Waals surface area contributed by atoms with E-state index in [9.17, 15) is 0 Å². The number of anilines is 1. The SMILES string of the molecule is CC(C)Oc1ccc(NCc2cnn(C(C)C)c2)cc1. The van der Waals surface area contributed by atoms with Gasteiger partial charge in [0.15, 0.2) is 0 Å². The molecular weight excluding hydrogens is 250 g/mol. The summed E-state index contributed by atoms with van der Waals surface area (Å²) < 4.78 is 7.59. The van der Waals surface area contributed by atoms with E-state index in [1.54, 1.807) is 0 Å². The Morgan fingerprint density at radius 1 is 1.15 bits per heavy atom. The molecule has 2 rings (SSSR count). The van der Waals surface area contributed by atoms with Crippen LogP contribution < -0.4 is 10.1 Å². The first-order chi connectivity index (χ1) is 9.54. The summed E-state index contributed by atoms with van der Waals surface area (Å²) in [5.41, 5.74) is 2.26. The smallest absolute Gasteiger partial charge is 0.119 e. The van der Waals surface area contributed by atoms with Crippen LogP contribution >= 0.6 is 0 Å². The summed E-state index contributed by atoms with van der Waals surface area (Å²) in [5.74, 6) is 0.901. The molecule has 1 N–H and O–H groups in total. The summed E-state index contributed by atoms with van der Waals surface area (Å²) in [7, 11) is 0. The van der Waals surface area contributed by atoms with Crippen molar-refractivity contribution >= 4 is 5.69 Å². The van der Waals surface area contributed by atoms with E-state index in [2.05, 4.69) is 30.5 Å². The Morgan fingerprint density at radius 3 is 2.40 bits per heavy atom. The monoisotopic (exact) mass is 273 g/mol. The molecule has 0 radical (unpaired) electrons. The number of benzene rings is 1. The normalized spacial score (nSPS) is 11.1. The van der Waals surface area contributed by atoms with Crippen molar-refractivity contribution in [1.82, 2.24) is 9.78 Å². The van der Waals surface area contributed by atoms with Crippen LogP contribution in [0.3, 0.4) is 0 Å². The number of nitrogens with one attached hydrogen (secondary N) is 1. The second kappa shape index (κ2) is 6.46. The van der Waals surface area contributed by atoms with Crippen molar-refractivity contribution in [2.75, 3.05) is 5.32 Å². The van der Waals surface area contributed by atoms with E-state index in [0.29, 0.717) is 6.04 Å². The molecule has 0 saturated carbocycles. The second-order valence-corrected chi connectivity index (χ2v) is 5.47. The number of hydrogen-bond acceptors (Lipinski definition) is 3. The Balaban J connectivity index is 1.90. The van der Waals surface area contributed by atoms with Gasteiger partial charge >= 0.3 is 0 Å². The average molecular weight is 273 g/mol. The number of aromatic nitrogens is 2. The van der Waals surface area contributed by atoms with Crippen LogP contribution in [0, 0.1) is 0 Å². The molecule has 0 saturated heterocycles. The van der Waals surface area contributed by atoms with Crippen LogP contribution in [-0.2, 0) is 6.54 Å². The Bertz CT molecular complexity index is 529. The Labute approximate surface area is 120 Å². The van der Waals surface area contributed by atoms with Crippen LogP contribution in [0.15, 0.2) is 36.7 Å². The highest BCUT2D eigenvalue weighted by atomic mass is 16.5. The largest absolute Gasteiger partial charge is 0.491 e. The minimum absolute atomic E-state index is 0.204. The fraction of sp³-hybridized carbons (Fsp3) is 0.438. The third-order valence-electron chi connectivity index (χ3n) is 2.91. The van der Waals surface area contributed by atoms with Gasteiger partial charge in [0.1, 0.15) is 5.75 Å². The zero-order valence-corrected chi connectivity index (χ0v) is 12.6. The summed E-state index contributed by atoms with van der Waals surface area (Å²) in [5, 5.41) is 7.72. The van der Waals surface area contributed by atoms with Crippen molar-refractivity contribution < 1.29 is 4.74 Å². The van der Waals surface area contributed by atoms with Crippen LogP contribution in [0.5, 0.6) is 5.75 Å². The van der Waals surface area contributed by atoms with E-state index in [-0.39, 0.29) is 6.10 Å². The highest BCUT2D eigenvalue weighted by Gasteiger charge is 2.02. The van der Waals surface area contributed by atoms with Gasteiger partial charge in [-0.3, -0.25) is 4.68 Å². The minimum atomic E-state index is 0.204. The van der Waals surface area contributed by atoms with E-state index in [1.807, 2.05) is 49.0 Å². The Morgan fingerprint density at radius 2 is 1.85 bits per heavy atom. The van der Waals surface area contributed by atoms with Crippen molar-refractivity contribution in [3.63, 3.8) is 0 Å². The predicted molar refractivity (Wildman–Crippen MR) is 82.1 cm³/mol. The van der Waals surface area contributed by atoms with Crippen molar-refractivity contribution in [3.8, 4) is 5.75 Å². The van der Waals surface area contributed by atoms with E-state index in [0.717, 1.165) is 18.0 Å². The molecule has 0 amide bonds. The van der Waals surface area contributed by atoms with Crippen molar-refractivity contribution in [2.24, 2.45) is 0 Å². The minimum Gasteiger partial charge on any atom is -0.491 e. The molecule has 1 aromatic heterocycles. The van der Waals surface area contributed by atoms with E-state index < -0.39 is 0 Å². The van der Waals surface area contributed by atoms with E-state index >= 15 is 0 Å². The van der Waals surface area contributed by atoms with Crippen molar-refractivity contribution in [3.05, 3.63) is 42.2 Å². The average Bonchev–Trinajstić information content (AvgIpc) is 2.86. The molecule has 0 unspecified atom stereocenters. The van der Waals surface area contributed by atoms with Gasteiger partial charge in [0.25, 0.3) is 0 Å². The van der Waals surface area contributed by atoms with Crippen molar-refractivity contribution in [1.29, 1.82) is 0 Å². The van der Waals surface area contributed by atoms with Gasteiger partial charge in [0.2, 0.25) is 0 Å². The fourth-order valence-electron chi connectivity index (χ4n) is 1.88. The number of rotatable bonds is 6. The molecule has 4 nitrogen and oxygen atoms in total. The quantitative estimate of drug-likeness (QED) is 0.868. The summed E-state index contributed by atoms with van der Waals surface area (Å²) in [6, 6.07) is 8.44. The first-order valence-corrected chi connectivity index (χ1v) is 7.08. The molecule has 4 heteroatoms. The predicted octanol–water partition coefficient (Wildman–Crippen LogP) is 3.86. The lowest BCUT2D eigenvalue weighted by Gasteiger charge is -2.10. The summed E-state index contributed by atoms with van der Waals surface area (Å²) in [6.45, 7) is 9.07. The maximum Gasteiger partial charge on any atom is 0.119 e. The lowest BCUT2D eigenvalue weighted by Crippen LogP contribution is -2.05. The highest BCUT2D eigenvalue weighted by Crippen LogP contribution is 2.17. The van der Waals surface area contributed by atoms with Crippen LogP contribution in [0.1, 0.15) is 39.3 Å². The van der Waals surface area contributed by atoms with Crippen LogP contribution in [0.4, 0.5) is 5.69 Å². The molecule has 1 aromatic carbocycles. The highest BCUT2D eigenvalue weighted by molar-refractivity contribution is 5.46. The zero-order chi connectivity index (χ0) is 14.5. The molecule has 1 heterocycles. The first-order valence-electron chi connectivity index (χ1n) is 7.08. The van der Waals surface area contributed by atoms with E-state index in [1.165, 1.54) is 5.56 Å². The number of ether oxygens (including phenoxy) is 1. The lowest BCUT2D eigenvalue weighted by molar-refractivity contribution is 0.242. The van der Waals surface area contributed by atoms with Gasteiger partial charge in [-0.25, -0.2) is 0 Å². The zero-order valence-electron chi connectivity index (χ0n) is 12.6. The second-order valence-electron chi connectivity index (χ2n) is 5.47. The summed E-state index contributed by atoms with van der Waals surface area (Å²) in [4.78, 5) is 0. The fourth-order valence-corrected chi connectivity index (χ4v) is 1.88. The summed E-state index contributed by atoms with van der Waals surface area (Å²) in [6.07, 6.45) is 4.19. The molecule has 0 aliphatic heterocycles. The molecule has 0 fully saturated rings. The van der Waals surface area contributed by atoms with Gasteiger partial charge in [-0.1, -0.05) is 0 Å². The van der Waals surface area contributed by atoms with Crippen molar-refractivity contribution in [2.45, 2.75) is 46.4 Å². The lowest BCUT2D eigenvalue weighted by atomic mass is 10.2. The number of nitrogens with zero attached hydrogens (tertiary/aromatic N) is 2. The van der Waals surface area contributed by atoms with Gasteiger partial charge in [0.05, 0.1) is 12.3 Å². The third-order valence-corrected chi connectivity index (χ3v) is 2.91. The Hall–Kier alpha value is -1.97. The van der Waals surface area contributed by atoms with Crippen LogP contribution in [0.2, 0.25) is 0 Å². The van der Waals surface area contributed by atoms with Gasteiger partial charge in [-0.2, -0.15) is 5.10 Å². The van der Waals surface area contributed by atoms with Gasteiger partial charge < -0.3 is 10.1 Å². The maximum atomic E-state index is 5.62. The van der Waals surface area contributed by atoms with Crippen LogP contribution in [-0.4, -0.2) is 15.9 Å². The van der Waals surface area contributed by atoms with Gasteiger partial charge in [0, 0.05) is 30.0 Å². The molecule has 0 aliphatic carbocycles. The molecule has 0 atom stereocenters. The Kier molecular flexibility index (Phi) is 4.66. The topological polar surface area (TPSA) is 39.1 Å². The molecule has 0 aliphatic rings. The molecule has 20 heavy (non-hydrogen) atoms. The maximum absolute atomic E-state index is 5.62. The van der Waals surface area contributed by atoms with Gasteiger partial charge in [-0.05, 0) is 52.0 Å². The summed E-state index contributed by atoms with van der Waals surface area (Å²) >= 11 is 0. The van der Waals surface area contributed by atoms with E-state index in [4.69, 9.17) is 4.74 Å². The van der Waals surface area contributed by atoms with Gasteiger partial charge in [-0.15, -0.1) is 0 Å². The molecule has 108 valence electrons. The molecule has 0 bridgehead atoms. The first kappa shape index (κ1) is 14.4. The standard InChI is InChI=1S/C16H23N3O/c1-12(2)19-11-14(10-18-19)9-17-15-5-7-16(8-6-15)20-13(3)4/h5-8,10-13,17H,9H2,1-4H3. The molecular formula is C16H23N3O. The van der Waals surface area contributed by atoms with Crippen LogP contribution in [0.25, 0.3) is 0 Å².